The summed E-state index contributed by atoms with van der Waals surface area (Å²) in [5.41, 5.74) is 1.39. The molecule has 86 valence electrons. The molecule has 0 bridgehead atoms. The summed E-state index contributed by atoms with van der Waals surface area (Å²) in [4.78, 5) is 11.9. The third-order valence-corrected chi connectivity index (χ3v) is 3.00. The molecule has 0 amide bonds. The third-order valence-electron chi connectivity index (χ3n) is 3.00. The van der Waals surface area contributed by atoms with Crippen molar-refractivity contribution in [2.24, 2.45) is 5.41 Å². The van der Waals surface area contributed by atoms with Crippen molar-refractivity contribution in [3.8, 4) is 0 Å². The Kier molecular flexibility index (Phi) is 4.56. The molecule has 1 aliphatic carbocycles. The van der Waals surface area contributed by atoms with E-state index in [1.165, 1.54) is 19.3 Å². The highest BCUT2D eigenvalue weighted by molar-refractivity contribution is 5.95. The molecule has 0 fully saturated rings. The fourth-order valence-corrected chi connectivity index (χ4v) is 1.92. The Hall–Kier alpha value is -0.590. The molecule has 0 heterocycles. The van der Waals surface area contributed by atoms with Gasteiger partial charge in [-0.1, -0.05) is 33.3 Å². The maximum Gasteiger partial charge on any atom is 0.158 e. The third kappa shape index (κ3) is 5.15. The highest BCUT2D eigenvalue weighted by Gasteiger charge is 2.16. The summed E-state index contributed by atoms with van der Waals surface area (Å²) in [6.45, 7) is 6.59. The average Bonchev–Trinajstić information content (AvgIpc) is 2.41. The largest absolute Gasteiger partial charge is 0.295 e. The van der Waals surface area contributed by atoms with Crippen molar-refractivity contribution in [1.29, 1.82) is 0 Å². The Balaban J connectivity index is 2.42. The summed E-state index contributed by atoms with van der Waals surface area (Å²) in [6, 6.07) is 0. The zero-order valence-electron chi connectivity index (χ0n) is 10.4. The van der Waals surface area contributed by atoms with E-state index in [1.807, 2.05) is 0 Å². The van der Waals surface area contributed by atoms with Gasteiger partial charge < -0.3 is 0 Å². The lowest BCUT2D eigenvalue weighted by Gasteiger charge is -2.17. The predicted molar refractivity (Wildman–Crippen MR) is 64.9 cm³/mol. The van der Waals surface area contributed by atoms with Gasteiger partial charge in [-0.25, -0.2) is 0 Å². The van der Waals surface area contributed by atoms with Crippen molar-refractivity contribution < 1.29 is 4.79 Å². The van der Waals surface area contributed by atoms with Gasteiger partial charge in [0.1, 0.15) is 0 Å². The lowest BCUT2D eigenvalue weighted by molar-refractivity contribution is -0.116. The van der Waals surface area contributed by atoms with Gasteiger partial charge >= 0.3 is 0 Å². The van der Waals surface area contributed by atoms with Crippen LogP contribution in [-0.4, -0.2) is 5.78 Å². The molecular formula is C14H24O. The monoisotopic (exact) mass is 208 g/mol. The van der Waals surface area contributed by atoms with Gasteiger partial charge in [-0.2, -0.15) is 0 Å². The van der Waals surface area contributed by atoms with Crippen LogP contribution in [0.3, 0.4) is 0 Å². The van der Waals surface area contributed by atoms with Crippen LogP contribution in [0.25, 0.3) is 0 Å². The molecule has 0 aliphatic heterocycles. The first-order chi connectivity index (χ1) is 6.99. The summed E-state index contributed by atoms with van der Waals surface area (Å²) < 4.78 is 0. The van der Waals surface area contributed by atoms with Gasteiger partial charge in [0.05, 0.1) is 0 Å². The fraction of sp³-hybridized carbons (Fsp3) is 0.786. The molecule has 0 radical (unpaired) electrons. The van der Waals surface area contributed by atoms with E-state index in [2.05, 4.69) is 26.8 Å². The molecule has 1 aliphatic rings. The van der Waals surface area contributed by atoms with E-state index in [0.717, 1.165) is 31.3 Å². The number of ketones is 1. The highest BCUT2D eigenvalue weighted by atomic mass is 16.1. The van der Waals surface area contributed by atoms with Crippen LogP contribution >= 0.6 is 0 Å². The predicted octanol–water partition coefficient (Wildman–Crippen LogP) is 4.27. The number of carbonyl (C=O) groups excluding carboxylic acids is 1. The summed E-state index contributed by atoms with van der Waals surface area (Å²) >= 11 is 0. The van der Waals surface area contributed by atoms with Gasteiger partial charge in [-0.05, 0) is 43.1 Å². The van der Waals surface area contributed by atoms with Crippen LogP contribution in [0.2, 0.25) is 0 Å². The lowest BCUT2D eigenvalue weighted by atomic mass is 9.88. The molecule has 1 rings (SSSR count). The zero-order valence-corrected chi connectivity index (χ0v) is 10.4. The Morgan fingerprint density at radius 2 is 2.00 bits per heavy atom. The van der Waals surface area contributed by atoms with Crippen LogP contribution in [0.4, 0.5) is 0 Å². The van der Waals surface area contributed by atoms with Crippen molar-refractivity contribution >= 4 is 5.78 Å². The topological polar surface area (TPSA) is 17.1 Å². The molecule has 0 N–H and O–H groups in total. The van der Waals surface area contributed by atoms with Crippen LogP contribution < -0.4 is 0 Å². The molecule has 1 nitrogen and oxygen atoms in total. The second-order valence-electron chi connectivity index (χ2n) is 5.81. The van der Waals surface area contributed by atoms with Crippen LogP contribution in [0.1, 0.15) is 65.7 Å². The van der Waals surface area contributed by atoms with Crippen LogP contribution in [0, 0.1) is 5.41 Å². The lowest BCUT2D eigenvalue weighted by Crippen LogP contribution is -2.10. The molecule has 0 aromatic heterocycles. The summed E-state index contributed by atoms with van der Waals surface area (Å²) in [5, 5.41) is 0. The first kappa shape index (κ1) is 12.5. The van der Waals surface area contributed by atoms with Gasteiger partial charge in [-0.3, -0.25) is 4.79 Å². The minimum absolute atomic E-state index is 0.279. The number of rotatable bonds is 3. The normalized spacial score (nSPS) is 18.2. The van der Waals surface area contributed by atoms with Crippen molar-refractivity contribution in [2.75, 3.05) is 0 Å². The first-order valence-electron chi connectivity index (χ1n) is 6.21. The van der Waals surface area contributed by atoms with E-state index in [0.29, 0.717) is 5.78 Å². The van der Waals surface area contributed by atoms with E-state index in [4.69, 9.17) is 0 Å². The van der Waals surface area contributed by atoms with Gasteiger partial charge in [0, 0.05) is 6.42 Å². The van der Waals surface area contributed by atoms with Gasteiger partial charge in [-0.15, -0.1) is 0 Å². The molecule has 0 atom stereocenters. The highest BCUT2D eigenvalue weighted by Crippen LogP contribution is 2.24. The molecule has 15 heavy (non-hydrogen) atoms. The molecule has 0 aromatic rings. The summed E-state index contributed by atoms with van der Waals surface area (Å²) in [5.74, 6) is 0.395. The Bertz CT molecular complexity index is 243. The van der Waals surface area contributed by atoms with Gasteiger partial charge in [0.25, 0.3) is 0 Å². The number of allylic oxidation sites excluding steroid dienone is 2. The molecular weight excluding hydrogens is 184 g/mol. The molecule has 0 saturated heterocycles. The zero-order chi connectivity index (χ0) is 11.3. The standard InChI is InChI=1S/C14H24O/c1-14(2,3)11-10-13(15)12-8-6-4-5-7-9-12/h8H,4-7,9-11H2,1-3H3. The Morgan fingerprint density at radius 1 is 1.27 bits per heavy atom. The van der Waals surface area contributed by atoms with Crippen LogP contribution in [0.5, 0.6) is 0 Å². The minimum Gasteiger partial charge on any atom is -0.295 e. The molecule has 1 heteroatoms. The Labute approximate surface area is 93.9 Å². The minimum atomic E-state index is 0.279. The van der Waals surface area contributed by atoms with Crippen molar-refractivity contribution in [1.82, 2.24) is 0 Å². The number of hydrogen-bond donors (Lipinski definition) is 0. The van der Waals surface area contributed by atoms with Crippen molar-refractivity contribution in [3.05, 3.63) is 11.6 Å². The maximum atomic E-state index is 11.9. The SMILES string of the molecule is CC(C)(C)CCC(=O)C1=CCCCCC1. The summed E-state index contributed by atoms with van der Waals surface area (Å²) in [7, 11) is 0. The summed E-state index contributed by atoms with van der Waals surface area (Å²) in [6.07, 6.45) is 9.78. The number of Topliss-reactive ketones (excluding diaryl/α,β-unsaturated/α-hetero) is 1. The van der Waals surface area contributed by atoms with Crippen molar-refractivity contribution in [3.63, 3.8) is 0 Å². The van der Waals surface area contributed by atoms with E-state index < -0.39 is 0 Å². The van der Waals surface area contributed by atoms with E-state index in [9.17, 15) is 4.79 Å². The smallest absolute Gasteiger partial charge is 0.158 e. The number of carbonyl (C=O) groups is 1. The van der Waals surface area contributed by atoms with Crippen LogP contribution in [-0.2, 0) is 4.79 Å². The second-order valence-corrected chi connectivity index (χ2v) is 5.81. The molecule has 0 saturated carbocycles. The molecule has 0 spiro atoms. The maximum absolute atomic E-state index is 11.9. The molecule has 0 unspecified atom stereocenters. The average molecular weight is 208 g/mol. The first-order valence-corrected chi connectivity index (χ1v) is 6.21. The van der Waals surface area contributed by atoms with Crippen molar-refractivity contribution in [2.45, 2.75) is 65.7 Å². The van der Waals surface area contributed by atoms with Gasteiger partial charge in [0.2, 0.25) is 0 Å². The number of hydrogen-bond acceptors (Lipinski definition) is 1. The van der Waals surface area contributed by atoms with Gasteiger partial charge in [0.15, 0.2) is 5.78 Å². The Morgan fingerprint density at radius 3 is 2.67 bits per heavy atom. The van der Waals surface area contributed by atoms with E-state index in [1.54, 1.807) is 0 Å². The van der Waals surface area contributed by atoms with E-state index in [-0.39, 0.29) is 5.41 Å². The second kappa shape index (κ2) is 5.48. The molecule has 0 aromatic carbocycles. The van der Waals surface area contributed by atoms with Crippen LogP contribution in [0.15, 0.2) is 11.6 Å². The quantitative estimate of drug-likeness (QED) is 0.677. The van der Waals surface area contributed by atoms with E-state index >= 15 is 0 Å². The fourth-order valence-electron chi connectivity index (χ4n) is 1.92.